The zero-order valence-corrected chi connectivity index (χ0v) is 12.1. The fraction of sp³-hybridized carbons (Fsp3) is 0.562. The molecule has 4 nitrogen and oxygen atoms in total. The Morgan fingerprint density at radius 1 is 1.45 bits per heavy atom. The van der Waals surface area contributed by atoms with E-state index in [2.05, 4.69) is 24.1 Å². The average molecular weight is 276 g/mol. The standard InChI is InChI=1S/C16H24N2O2/c1-18-8-3-6-12(7-9-18)13-4-2-5-14(10-13)15(17)11-16(19)20/h2,4-5,10,12,15H,3,6-9,11,17H2,1H3,(H,19,20). The molecule has 0 aliphatic carbocycles. The molecule has 2 unspecified atom stereocenters. The number of rotatable bonds is 4. The Labute approximate surface area is 120 Å². The van der Waals surface area contributed by atoms with Crippen LogP contribution < -0.4 is 5.73 Å². The highest BCUT2D eigenvalue weighted by molar-refractivity contribution is 5.67. The molecule has 20 heavy (non-hydrogen) atoms. The summed E-state index contributed by atoms with van der Waals surface area (Å²) in [6.07, 6.45) is 3.56. The van der Waals surface area contributed by atoms with Gasteiger partial charge in [0.15, 0.2) is 0 Å². The van der Waals surface area contributed by atoms with Gasteiger partial charge in [-0.15, -0.1) is 0 Å². The second-order valence-corrected chi connectivity index (χ2v) is 5.81. The minimum atomic E-state index is -0.848. The highest BCUT2D eigenvalue weighted by Gasteiger charge is 2.18. The minimum absolute atomic E-state index is 0.0170. The van der Waals surface area contributed by atoms with Crippen LogP contribution in [0.4, 0.5) is 0 Å². The third-order valence-corrected chi connectivity index (χ3v) is 4.16. The summed E-state index contributed by atoms with van der Waals surface area (Å²) < 4.78 is 0. The monoisotopic (exact) mass is 276 g/mol. The number of carboxylic acids is 1. The SMILES string of the molecule is CN1CCCC(c2cccc(C(N)CC(=O)O)c2)CC1. The van der Waals surface area contributed by atoms with Gasteiger partial charge in [0.2, 0.25) is 0 Å². The van der Waals surface area contributed by atoms with Crippen LogP contribution in [0.15, 0.2) is 24.3 Å². The smallest absolute Gasteiger partial charge is 0.305 e. The van der Waals surface area contributed by atoms with Gasteiger partial charge in [-0.05, 0) is 56.4 Å². The van der Waals surface area contributed by atoms with E-state index in [1.165, 1.54) is 18.4 Å². The quantitative estimate of drug-likeness (QED) is 0.886. The average Bonchev–Trinajstić information content (AvgIpc) is 2.63. The van der Waals surface area contributed by atoms with Gasteiger partial charge in [0.25, 0.3) is 0 Å². The minimum Gasteiger partial charge on any atom is -0.481 e. The van der Waals surface area contributed by atoms with Gasteiger partial charge in [0, 0.05) is 6.04 Å². The van der Waals surface area contributed by atoms with E-state index in [1.54, 1.807) is 0 Å². The second kappa shape index (κ2) is 6.86. The summed E-state index contributed by atoms with van der Waals surface area (Å²) in [7, 11) is 2.17. The van der Waals surface area contributed by atoms with E-state index in [4.69, 9.17) is 10.8 Å². The number of hydrogen-bond acceptors (Lipinski definition) is 3. The van der Waals surface area contributed by atoms with E-state index in [-0.39, 0.29) is 6.42 Å². The zero-order valence-electron chi connectivity index (χ0n) is 12.1. The van der Waals surface area contributed by atoms with Crippen LogP contribution in [-0.2, 0) is 4.79 Å². The van der Waals surface area contributed by atoms with Gasteiger partial charge in [0.05, 0.1) is 6.42 Å². The molecular formula is C16H24N2O2. The third-order valence-electron chi connectivity index (χ3n) is 4.16. The molecule has 2 atom stereocenters. The molecule has 110 valence electrons. The van der Waals surface area contributed by atoms with E-state index in [0.29, 0.717) is 5.92 Å². The van der Waals surface area contributed by atoms with Gasteiger partial charge in [-0.3, -0.25) is 4.79 Å². The molecule has 0 aromatic heterocycles. The fourth-order valence-corrected chi connectivity index (χ4v) is 2.92. The largest absolute Gasteiger partial charge is 0.481 e. The van der Waals surface area contributed by atoms with Crippen LogP contribution in [0.3, 0.4) is 0 Å². The molecule has 1 aromatic carbocycles. The summed E-state index contributed by atoms with van der Waals surface area (Å²) in [6, 6.07) is 7.76. The van der Waals surface area contributed by atoms with Gasteiger partial charge in [-0.2, -0.15) is 0 Å². The summed E-state index contributed by atoms with van der Waals surface area (Å²) in [5.41, 5.74) is 8.20. The Kier molecular flexibility index (Phi) is 5.15. The number of carboxylic acid groups (broad SMARTS) is 1. The first-order valence-corrected chi connectivity index (χ1v) is 7.32. The van der Waals surface area contributed by atoms with Crippen molar-refractivity contribution in [3.8, 4) is 0 Å². The molecule has 0 amide bonds. The summed E-state index contributed by atoms with van der Waals surface area (Å²) in [6.45, 7) is 2.28. The lowest BCUT2D eigenvalue weighted by molar-refractivity contribution is -0.137. The van der Waals surface area contributed by atoms with E-state index >= 15 is 0 Å². The third kappa shape index (κ3) is 4.05. The summed E-state index contributed by atoms with van der Waals surface area (Å²) in [4.78, 5) is 13.1. The molecule has 0 spiro atoms. The van der Waals surface area contributed by atoms with Gasteiger partial charge < -0.3 is 15.7 Å². The Bertz CT molecular complexity index is 462. The van der Waals surface area contributed by atoms with Gasteiger partial charge >= 0.3 is 5.97 Å². The predicted octanol–water partition coefficient (Wildman–Crippen LogP) is 2.36. The number of nitrogens with zero attached hydrogens (tertiary/aromatic N) is 1. The number of aliphatic carboxylic acids is 1. The first-order chi connectivity index (χ1) is 9.56. The van der Waals surface area contributed by atoms with Gasteiger partial charge in [-0.1, -0.05) is 24.3 Å². The molecule has 4 heteroatoms. The summed E-state index contributed by atoms with van der Waals surface area (Å²) in [5, 5.41) is 8.84. The van der Waals surface area contributed by atoms with Crippen LogP contribution in [0.2, 0.25) is 0 Å². The van der Waals surface area contributed by atoms with Crippen LogP contribution in [-0.4, -0.2) is 36.1 Å². The molecule has 1 aliphatic heterocycles. The van der Waals surface area contributed by atoms with Crippen molar-refractivity contribution in [2.24, 2.45) is 5.73 Å². The number of likely N-dealkylation sites (tertiary alicyclic amines) is 1. The lowest BCUT2D eigenvalue weighted by atomic mass is 9.89. The number of carbonyl (C=O) groups is 1. The van der Waals surface area contributed by atoms with Crippen LogP contribution in [0.1, 0.15) is 48.8 Å². The molecule has 0 radical (unpaired) electrons. The Morgan fingerprint density at radius 3 is 3.00 bits per heavy atom. The molecular weight excluding hydrogens is 252 g/mol. The molecule has 1 aromatic rings. The predicted molar refractivity (Wildman–Crippen MR) is 79.7 cm³/mol. The Morgan fingerprint density at radius 2 is 2.25 bits per heavy atom. The maximum atomic E-state index is 10.8. The van der Waals surface area contributed by atoms with Crippen molar-refractivity contribution in [3.05, 3.63) is 35.4 Å². The summed E-state index contributed by atoms with van der Waals surface area (Å²) >= 11 is 0. The van der Waals surface area contributed by atoms with Crippen molar-refractivity contribution in [3.63, 3.8) is 0 Å². The van der Waals surface area contributed by atoms with Gasteiger partial charge in [-0.25, -0.2) is 0 Å². The summed E-state index contributed by atoms with van der Waals surface area (Å²) in [5.74, 6) is -0.282. The number of hydrogen-bond donors (Lipinski definition) is 2. The molecule has 1 heterocycles. The van der Waals surface area contributed by atoms with Crippen LogP contribution in [0.25, 0.3) is 0 Å². The highest BCUT2D eigenvalue weighted by atomic mass is 16.4. The Hall–Kier alpha value is -1.39. The van der Waals surface area contributed by atoms with Crippen molar-refractivity contribution >= 4 is 5.97 Å². The van der Waals surface area contributed by atoms with Gasteiger partial charge in [0.1, 0.15) is 0 Å². The lowest BCUT2D eigenvalue weighted by Gasteiger charge is -2.18. The number of benzene rings is 1. The van der Waals surface area contributed by atoms with Crippen molar-refractivity contribution in [1.82, 2.24) is 4.90 Å². The first kappa shape index (κ1) is 15.0. The van der Waals surface area contributed by atoms with Crippen molar-refractivity contribution in [2.75, 3.05) is 20.1 Å². The van der Waals surface area contributed by atoms with Crippen molar-refractivity contribution in [1.29, 1.82) is 0 Å². The van der Waals surface area contributed by atoms with Crippen LogP contribution in [0.5, 0.6) is 0 Å². The second-order valence-electron chi connectivity index (χ2n) is 5.81. The van der Waals surface area contributed by atoms with Crippen LogP contribution >= 0.6 is 0 Å². The normalized spacial score (nSPS) is 22.2. The molecule has 1 fully saturated rings. The number of nitrogens with two attached hydrogens (primary N) is 1. The van der Waals surface area contributed by atoms with E-state index in [0.717, 1.165) is 25.1 Å². The van der Waals surface area contributed by atoms with Crippen LogP contribution in [0, 0.1) is 0 Å². The first-order valence-electron chi connectivity index (χ1n) is 7.32. The van der Waals surface area contributed by atoms with E-state index in [9.17, 15) is 4.79 Å². The Balaban J connectivity index is 2.10. The van der Waals surface area contributed by atoms with E-state index in [1.807, 2.05) is 12.1 Å². The molecule has 1 aliphatic rings. The van der Waals surface area contributed by atoms with Crippen molar-refractivity contribution in [2.45, 2.75) is 37.6 Å². The maximum Gasteiger partial charge on any atom is 0.305 e. The lowest BCUT2D eigenvalue weighted by Crippen LogP contribution is -2.18. The maximum absolute atomic E-state index is 10.8. The highest BCUT2D eigenvalue weighted by Crippen LogP contribution is 2.29. The molecule has 2 rings (SSSR count). The zero-order chi connectivity index (χ0) is 14.5. The molecule has 3 N–H and O–H groups in total. The molecule has 1 saturated heterocycles. The van der Waals surface area contributed by atoms with E-state index < -0.39 is 12.0 Å². The molecule has 0 saturated carbocycles. The fourth-order valence-electron chi connectivity index (χ4n) is 2.92. The molecule has 0 bridgehead atoms. The topological polar surface area (TPSA) is 66.6 Å². The van der Waals surface area contributed by atoms with Crippen molar-refractivity contribution < 1.29 is 9.90 Å².